The molecular weight excluding hydrogens is 1350 g/mol. The Hall–Kier alpha value is -15.1. The fourth-order valence-electron chi connectivity index (χ4n) is 17.3. The lowest BCUT2D eigenvalue weighted by atomic mass is 9.93. The Labute approximate surface area is 635 Å². The molecule has 0 aliphatic rings. The molecule has 0 radical (unpaired) electrons. The van der Waals surface area contributed by atoms with E-state index in [0.29, 0.717) is 34.9 Å². The molecule has 0 amide bonds. The first-order valence-corrected chi connectivity index (χ1v) is 37.5. The summed E-state index contributed by atoms with van der Waals surface area (Å²) in [6.45, 7) is 0. The minimum Gasteiger partial charge on any atom is -0.456 e. The second-order valence-corrected chi connectivity index (χ2v) is 28.9. The van der Waals surface area contributed by atoms with E-state index in [2.05, 4.69) is 331 Å². The van der Waals surface area contributed by atoms with Gasteiger partial charge in [-0.25, -0.2) is 29.9 Å². The van der Waals surface area contributed by atoms with E-state index in [4.69, 9.17) is 34.3 Å². The predicted octanol–water partition coefficient (Wildman–Crippen LogP) is 26.4. The van der Waals surface area contributed by atoms with Crippen LogP contribution in [0.1, 0.15) is 0 Å². The van der Waals surface area contributed by atoms with Gasteiger partial charge in [0.05, 0.1) is 27.8 Å². The Balaban J connectivity index is 0.632. The maximum atomic E-state index is 6.52. The fourth-order valence-corrected chi connectivity index (χ4v) is 17.3. The van der Waals surface area contributed by atoms with Gasteiger partial charge in [0.1, 0.15) is 11.2 Å². The van der Waals surface area contributed by atoms with Crippen molar-refractivity contribution in [2.24, 2.45) is 0 Å². The Kier molecular flexibility index (Phi) is 13.9. The molecular formula is C102H60N8O. The van der Waals surface area contributed by atoms with Crippen molar-refractivity contribution in [3.8, 4) is 102 Å². The largest absolute Gasteiger partial charge is 0.456 e. The summed E-state index contributed by atoms with van der Waals surface area (Å²) in [5.41, 5.74) is 17.5. The number of hydrogen-bond acceptors (Lipinski definition) is 7. The van der Waals surface area contributed by atoms with Gasteiger partial charge in [-0.1, -0.05) is 267 Å². The van der Waals surface area contributed by atoms with E-state index in [0.717, 1.165) is 133 Å². The first kappa shape index (κ1) is 62.2. The van der Waals surface area contributed by atoms with E-state index >= 15 is 0 Å². The highest BCUT2D eigenvalue weighted by Crippen LogP contribution is 2.45. The molecule has 0 aliphatic carbocycles. The molecule has 0 fully saturated rings. The SMILES string of the molecule is c1ccc(-c2nc(-c3ccc(-c4ccc5ccc(-c6cc(-c7nc(-c8cccc(-n9c%10cc%11ccccc%11cc%10c%10c%11ccccc%11ccc%109)c8)nc(-c8cccc9oc%10ccccc%10c89)n7)cc7ccccc67)cc5c4)cc3)nc(-c3ccccc3-n3c4cc5ccccc5cc4c4c5ccccc5ccc43)n2)cc1. The Morgan fingerprint density at radius 1 is 0.189 bits per heavy atom. The molecule has 18 aromatic carbocycles. The zero-order valence-electron chi connectivity index (χ0n) is 59.6. The zero-order chi connectivity index (χ0) is 72.8. The summed E-state index contributed by atoms with van der Waals surface area (Å²) in [5.74, 6) is 3.41. The molecule has 23 aromatic rings. The average Bonchev–Trinajstić information content (AvgIpc) is 1.58. The van der Waals surface area contributed by atoms with E-state index in [1.54, 1.807) is 0 Å². The standard InChI is InChI=1S/C102H60N8O/c1-2-22-65(23-3-1)97-103-98(106-101(105-97)81-34-14-16-37-87(81)110-89-51-49-64-21-9-13-33-80(64)95(89)86-57-68-25-5-7-27-70(68)60-91(86)110)66-44-40-61(41-45-66)71-46-42-62-43-47-73(53-75(62)52-71)84-58-76(54-72-28-10-11-31-78(72)84)100-104-99(107-102(108-100)83-36-19-39-93-96(83)82-35-15-17-38-92(82)111-93)74-29-18-30-77(55-74)109-88-50-48-63-20-8-12-32-79(63)94(88)85-56-67-24-4-6-26-69(67)59-90(85)109/h1-60H. The van der Waals surface area contributed by atoms with Gasteiger partial charge in [-0.15, -0.1) is 0 Å². The van der Waals surface area contributed by atoms with Gasteiger partial charge >= 0.3 is 0 Å². The van der Waals surface area contributed by atoms with E-state index < -0.39 is 0 Å². The quantitative estimate of drug-likeness (QED) is 0.134. The van der Waals surface area contributed by atoms with Crippen molar-refractivity contribution >= 4 is 130 Å². The van der Waals surface area contributed by atoms with Crippen molar-refractivity contribution < 1.29 is 4.42 Å². The molecule has 514 valence electrons. The molecule has 23 rings (SSSR count). The summed E-state index contributed by atoms with van der Waals surface area (Å²) >= 11 is 0. The molecule has 5 aromatic heterocycles. The van der Waals surface area contributed by atoms with E-state index in [1.165, 1.54) is 64.6 Å². The second-order valence-electron chi connectivity index (χ2n) is 28.9. The van der Waals surface area contributed by atoms with Crippen molar-refractivity contribution in [3.63, 3.8) is 0 Å². The van der Waals surface area contributed by atoms with Crippen molar-refractivity contribution in [2.75, 3.05) is 0 Å². The van der Waals surface area contributed by atoms with E-state index in [-0.39, 0.29) is 0 Å². The predicted molar refractivity (Wildman–Crippen MR) is 458 cm³/mol. The summed E-state index contributed by atoms with van der Waals surface area (Å²) in [4.78, 5) is 32.5. The Bertz CT molecular complexity index is 7850. The van der Waals surface area contributed by atoms with Crippen LogP contribution in [0.3, 0.4) is 0 Å². The van der Waals surface area contributed by atoms with Crippen LogP contribution >= 0.6 is 0 Å². The lowest BCUT2D eigenvalue weighted by Crippen LogP contribution is -2.03. The maximum absolute atomic E-state index is 6.52. The van der Waals surface area contributed by atoms with Gasteiger partial charge in [0.2, 0.25) is 0 Å². The Morgan fingerprint density at radius 2 is 0.640 bits per heavy atom. The number of benzene rings is 18. The molecule has 0 saturated heterocycles. The number of fused-ring (bicyclic) bond motifs is 17. The van der Waals surface area contributed by atoms with Crippen LogP contribution in [0.15, 0.2) is 368 Å². The van der Waals surface area contributed by atoms with Gasteiger partial charge in [0, 0.05) is 71.4 Å². The van der Waals surface area contributed by atoms with Crippen molar-refractivity contribution in [3.05, 3.63) is 364 Å². The highest BCUT2D eigenvalue weighted by Gasteiger charge is 2.25. The number of aromatic nitrogens is 8. The van der Waals surface area contributed by atoms with Crippen LogP contribution in [0, 0.1) is 0 Å². The lowest BCUT2D eigenvalue weighted by Gasteiger charge is -2.15. The molecule has 0 N–H and O–H groups in total. The summed E-state index contributed by atoms with van der Waals surface area (Å²) in [5, 5.41) is 20.8. The maximum Gasteiger partial charge on any atom is 0.166 e. The number of hydrogen-bond donors (Lipinski definition) is 0. The van der Waals surface area contributed by atoms with Gasteiger partial charge < -0.3 is 13.6 Å². The first-order chi connectivity index (χ1) is 55.0. The molecule has 0 atom stereocenters. The highest BCUT2D eigenvalue weighted by molar-refractivity contribution is 6.25. The smallest absolute Gasteiger partial charge is 0.166 e. The molecule has 111 heavy (non-hydrogen) atoms. The third-order valence-corrected chi connectivity index (χ3v) is 22.5. The Morgan fingerprint density at radius 3 is 1.33 bits per heavy atom. The van der Waals surface area contributed by atoms with Gasteiger partial charge in [-0.3, -0.25) is 0 Å². The highest BCUT2D eigenvalue weighted by atomic mass is 16.3. The number of furan rings is 1. The van der Waals surface area contributed by atoms with Crippen LogP contribution in [0.5, 0.6) is 0 Å². The molecule has 9 nitrogen and oxygen atoms in total. The minimum absolute atomic E-state index is 0.545. The third-order valence-electron chi connectivity index (χ3n) is 22.5. The van der Waals surface area contributed by atoms with Crippen LogP contribution in [0.4, 0.5) is 0 Å². The van der Waals surface area contributed by atoms with Crippen molar-refractivity contribution in [1.29, 1.82) is 0 Å². The van der Waals surface area contributed by atoms with E-state index in [9.17, 15) is 0 Å². The van der Waals surface area contributed by atoms with Crippen molar-refractivity contribution in [2.45, 2.75) is 0 Å². The molecule has 9 heteroatoms. The molecule has 5 heterocycles. The molecule has 0 bridgehead atoms. The molecule has 0 aliphatic heterocycles. The number of nitrogens with zero attached hydrogens (tertiary/aromatic N) is 8. The molecule has 0 unspecified atom stereocenters. The molecule has 0 saturated carbocycles. The third kappa shape index (κ3) is 10.2. The number of rotatable bonds is 10. The van der Waals surface area contributed by atoms with Crippen LogP contribution in [-0.4, -0.2) is 39.0 Å². The van der Waals surface area contributed by atoms with Crippen molar-refractivity contribution in [1.82, 2.24) is 39.0 Å². The van der Waals surface area contributed by atoms with Crippen LogP contribution in [0.2, 0.25) is 0 Å². The summed E-state index contributed by atoms with van der Waals surface area (Å²) in [6.07, 6.45) is 0. The molecule has 0 spiro atoms. The lowest BCUT2D eigenvalue weighted by molar-refractivity contribution is 0.669. The first-order valence-electron chi connectivity index (χ1n) is 37.5. The number of para-hydroxylation sites is 2. The van der Waals surface area contributed by atoms with Crippen LogP contribution in [0.25, 0.3) is 232 Å². The van der Waals surface area contributed by atoms with Crippen LogP contribution in [-0.2, 0) is 0 Å². The van der Waals surface area contributed by atoms with E-state index in [1.807, 2.05) is 42.5 Å². The fraction of sp³-hybridized carbons (Fsp3) is 0. The minimum atomic E-state index is 0.545. The zero-order valence-corrected chi connectivity index (χ0v) is 59.6. The average molecular weight is 1410 g/mol. The topological polar surface area (TPSA) is 100 Å². The van der Waals surface area contributed by atoms with Gasteiger partial charge in [-0.2, -0.15) is 0 Å². The summed E-state index contributed by atoms with van der Waals surface area (Å²) in [6, 6.07) is 130. The monoisotopic (exact) mass is 1410 g/mol. The van der Waals surface area contributed by atoms with Gasteiger partial charge in [0.15, 0.2) is 34.9 Å². The van der Waals surface area contributed by atoms with Crippen LogP contribution < -0.4 is 0 Å². The second kappa shape index (κ2) is 24.8. The van der Waals surface area contributed by atoms with Gasteiger partial charge in [0.25, 0.3) is 0 Å². The summed E-state index contributed by atoms with van der Waals surface area (Å²) < 4.78 is 11.3. The van der Waals surface area contributed by atoms with Gasteiger partial charge in [-0.05, 0) is 184 Å². The normalized spacial score (nSPS) is 12.0. The summed E-state index contributed by atoms with van der Waals surface area (Å²) in [7, 11) is 0.